The van der Waals surface area contributed by atoms with Crippen LogP contribution in [-0.4, -0.2) is 18.9 Å². The largest absolute Gasteiger partial charge is 0.345 e. The van der Waals surface area contributed by atoms with Crippen LogP contribution < -0.4 is 0 Å². The second-order valence-electron chi connectivity index (χ2n) is 8.46. The van der Waals surface area contributed by atoms with Gasteiger partial charge in [-0.1, -0.05) is 64.2 Å². The average molecular weight is 393 g/mol. The van der Waals surface area contributed by atoms with Crippen molar-refractivity contribution in [3.05, 3.63) is 41.2 Å². The average Bonchev–Trinajstić information content (AvgIpc) is 2.69. The number of hydrogen-bond acceptors (Lipinski definition) is 2. The van der Waals surface area contributed by atoms with Crippen molar-refractivity contribution in [3.8, 4) is 0 Å². The Balaban J connectivity index is 1.59. The van der Waals surface area contributed by atoms with Gasteiger partial charge in [0.25, 0.3) is 0 Å². The predicted octanol–water partition coefficient (Wildman–Crippen LogP) is 7.14. The molecule has 0 amide bonds. The number of halogens is 2. The summed E-state index contributed by atoms with van der Waals surface area (Å²) in [5.41, 5.74) is 0.975. The van der Waals surface area contributed by atoms with Crippen LogP contribution in [0.25, 0.3) is 5.57 Å². The molecule has 4 heteroatoms. The SMILES string of the molecule is CCCCCC1CC=C(c2ccc(C3OCC(F)(CCC)CO3)cc2F)CC1. The van der Waals surface area contributed by atoms with Crippen molar-refractivity contribution in [2.24, 2.45) is 5.92 Å². The molecule has 0 spiro atoms. The second-order valence-corrected chi connectivity index (χ2v) is 8.46. The van der Waals surface area contributed by atoms with Crippen molar-refractivity contribution in [3.63, 3.8) is 0 Å². The van der Waals surface area contributed by atoms with Crippen LogP contribution in [-0.2, 0) is 9.47 Å². The normalized spacial score (nSPS) is 28.2. The molecule has 1 fully saturated rings. The molecular formula is C24H34F2O2. The number of ether oxygens (including phenoxy) is 2. The van der Waals surface area contributed by atoms with Crippen LogP contribution in [0.1, 0.15) is 89.1 Å². The first-order valence-electron chi connectivity index (χ1n) is 11.0. The summed E-state index contributed by atoms with van der Waals surface area (Å²) >= 11 is 0. The number of hydrogen-bond donors (Lipinski definition) is 0. The maximum atomic E-state index is 14.8. The van der Waals surface area contributed by atoms with E-state index in [-0.39, 0.29) is 19.0 Å². The van der Waals surface area contributed by atoms with E-state index < -0.39 is 12.0 Å². The molecule has 1 aliphatic heterocycles. The molecule has 0 aromatic heterocycles. The van der Waals surface area contributed by atoms with Crippen molar-refractivity contribution in [1.82, 2.24) is 0 Å². The van der Waals surface area contributed by atoms with Gasteiger partial charge >= 0.3 is 0 Å². The number of unbranched alkanes of at least 4 members (excludes halogenated alkanes) is 2. The summed E-state index contributed by atoms with van der Waals surface area (Å²) in [6, 6.07) is 5.16. The van der Waals surface area contributed by atoms with Crippen LogP contribution >= 0.6 is 0 Å². The summed E-state index contributed by atoms with van der Waals surface area (Å²) in [4.78, 5) is 0. The lowest BCUT2D eigenvalue weighted by Crippen LogP contribution is -2.41. The molecule has 1 heterocycles. The van der Waals surface area contributed by atoms with Crippen LogP contribution in [0.2, 0.25) is 0 Å². The highest BCUT2D eigenvalue weighted by atomic mass is 19.1. The first-order chi connectivity index (χ1) is 13.5. The molecule has 0 saturated carbocycles. The summed E-state index contributed by atoms with van der Waals surface area (Å²) in [5.74, 6) is 0.497. The Morgan fingerprint density at radius 1 is 1.11 bits per heavy atom. The van der Waals surface area contributed by atoms with E-state index in [1.165, 1.54) is 31.7 Å². The standard InChI is InChI=1S/C24H34F2O2/c1-3-5-6-7-18-8-10-19(11-9-18)21-13-12-20(15-22(21)25)23-27-16-24(26,14-4-2)17-28-23/h10,12-13,15,18,23H,3-9,11,14,16-17H2,1-2H3. The molecule has 2 aliphatic rings. The summed E-state index contributed by atoms with van der Waals surface area (Å²) in [6.07, 6.45) is 10.9. The van der Waals surface area contributed by atoms with E-state index in [2.05, 4.69) is 13.0 Å². The Morgan fingerprint density at radius 2 is 1.89 bits per heavy atom. The van der Waals surface area contributed by atoms with Gasteiger partial charge in [0.15, 0.2) is 12.0 Å². The van der Waals surface area contributed by atoms with Gasteiger partial charge in [-0.15, -0.1) is 0 Å². The van der Waals surface area contributed by atoms with Gasteiger partial charge in [-0.3, -0.25) is 0 Å². The third kappa shape index (κ3) is 5.42. The quantitative estimate of drug-likeness (QED) is 0.438. The van der Waals surface area contributed by atoms with Gasteiger partial charge in [-0.2, -0.15) is 0 Å². The lowest BCUT2D eigenvalue weighted by atomic mass is 9.83. The van der Waals surface area contributed by atoms with Gasteiger partial charge in [-0.25, -0.2) is 8.78 Å². The third-order valence-corrected chi connectivity index (χ3v) is 6.03. The van der Waals surface area contributed by atoms with Crippen LogP contribution in [0.5, 0.6) is 0 Å². The van der Waals surface area contributed by atoms with Crippen LogP contribution in [0.15, 0.2) is 24.3 Å². The maximum Gasteiger partial charge on any atom is 0.184 e. The summed E-state index contributed by atoms with van der Waals surface area (Å²) in [6.45, 7) is 4.17. The van der Waals surface area contributed by atoms with Gasteiger partial charge in [-0.05, 0) is 43.2 Å². The van der Waals surface area contributed by atoms with Crippen molar-refractivity contribution in [1.29, 1.82) is 0 Å². The summed E-state index contributed by atoms with van der Waals surface area (Å²) < 4.78 is 40.3. The Morgan fingerprint density at radius 3 is 2.50 bits per heavy atom. The van der Waals surface area contributed by atoms with Gasteiger partial charge in [0.2, 0.25) is 0 Å². The fourth-order valence-electron chi connectivity index (χ4n) is 4.34. The number of allylic oxidation sites excluding steroid dienone is 2. The van der Waals surface area contributed by atoms with E-state index in [0.717, 1.165) is 37.2 Å². The highest BCUT2D eigenvalue weighted by Crippen LogP contribution is 2.36. The molecule has 1 atom stereocenters. The molecule has 156 valence electrons. The van der Waals surface area contributed by atoms with Crippen molar-refractivity contribution in [2.45, 2.75) is 83.6 Å². The van der Waals surface area contributed by atoms with Crippen molar-refractivity contribution >= 4 is 5.57 Å². The molecule has 0 N–H and O–H groups in total. The lowest BCUT2D eigenvalue weighted by molar-refractivity contribution is -0.239. The Bertz CT molecular complexity index is 663. The molecular weight excluding hydrogens is 358 g/mol. The zero-order chi connectivity index (χ0) is 20.0. The highest BCUT2D eigenvalue weighted by Gasteiger charge is 2.37. The molecule has 28 heavy (non-hydrogen) atoms. The van der Waals surface area contributed by atoms with Crippen LogP contribution in [0, 0.1) is 11.7 Å². The van der Waals surface area contributed by atoms with Gasteiger partial charge in [0.05, 0.1) is 13.2 Å². The molecule has 3 rings (SSSR count). The van der Waals surface area contributed by atoms with E-state index in [0.29, 0.717) is 17.5 Å². The Labute approximate surface area is 168 Å². The van der Waals surface area contributed by atoms with Crippen molar-refractivity contribution < 1.29 is 18.3 Å². The molecule has 1 aliphatic carbocycles. The maximum absolute atomic E-state index is 14.8. The number of rotatable bonds is 8. The third-order valence-electron chi connectivity index (χ3n) is 6.03. The minimum Gasteiger partial charge on any atom is -0.345 e. The van der Waals surface area contributed by atoms with Crippen molar-refractivity contribution in [2.75, 3.05) is 13.2 Å². The minimum absolute atomic E-state index is 0.000546. The van der Waals surface area contributed by atoms with Gasteiger partial charge in [0, 0.05) is 11.1 Å². The molecule has 1 aromatic carbocycles. The van der Waals surface area contributed by atoms with Gasteiger partial charge in [0.1, 0.15) is 5.82 Å². The Hall–Kier alpha value is -1.26. The fourth-order valence-corrected chi connectivity index (χ4v) is 4.34. The topological polar surface area (TPSA) is 18.5 Å². The zero-order valence-corrected chi connectivity index (χ0v) is 17.3. The second kappa shape index (κ2) is 9.98. The Kier molecular flexibility index (Phi) is 7.64. The summed E-state index contributed by atoms with van der Waals surface area (Å²) in [7, 11) is 0. The zero-order valence-electron chi connectivity index (χ0n) is 17.3. The van der Waals surface area contributed by atoms with Gasteiger partial charge < -0.3 is 9.47 Å². The molecule has 1 unspecified atom stereocenters. The van der Waals surface area contributed by atoms with E-state index in [1.54, 1.807) is 0 Å². The smallest absolute Gasteiger partial charge is 0.184 e. The molecule has 1 saturated heterocycles. The molecule has 2 nitrogen and oxygen atoms in total. The highest BCUT2D eigenvalue weighted by molar-refractivity contribution is 5.67. The minimum atomic E-state index is -1.43. The van der Waals surface area contributed by atoms with Crippen LogP contribution in [0.4, 0.5) is 8.78 Å². The first kappa shape index (κ1) is 21.4. The van der Waals surface area contributed by atoms with E-state index in [1.807, 2.05) is 19.1 Å². The molecule has 0 bridgehead atoms. The number of benzene rings is 1. The lowest BCUT2D eigenvalue weighted by Gasteiger charge is -2.34. The van der Waals surface area contributed by atoms with E-state index >= 15 is 0 Å². The van der Waals surface area contributed by atoms with Crippen LogP contribution in [0.3, 0.4) is 0 Å². The number of alkyl halides is 1. The monoisotopic (exact) mass is 392 g/mol. The molecule has 1 aromatic rings. The summed E-state index contributed by atoms with van der Waals surface area (Å²) in [5, 5.41) is 0. The van der Waals surface area contributed by atoms with E-state index in [4.69, 9.17) is 9.47 Å². The van der Waals surface area contributed by atoms with E-state index in [9.17, 15) is 8.78 Å². The molecule has 0 radical (unpaired) electrons. The first-order valence-corrected chi connectivity index (χ1v) is 11.0. The predicted molar refractivity (Wildman–Crippen MR) is 109 cm³/mol. The fraction of sp³-hybridized carbons (Fsp3) is 0.667.